The van der Waals surface area contributed by atoms with Crippen LogP contribution in [0, 0.1) is 5.92 Å². The highest BCUT2D eigenvalue weighted by Crippen LogP contribution is 2.37. The molecule has 0 spiro atoms. The molecule has 6 nitrogen and oxygen atoms in total. The Balaban J connectivity index is 4.26. The zero-order valence-electron chi connectivity index (χ0n) is 9.38. The Labute approximate surface area is 89.5 Å². The van der Waals surface area contributed by atoms with Gasteiger partial charge in [0.2, 0.25) is 0 Å². The maximum Gasteiger partial charge on any atom is 0.470 e. The van der Waals surface area contributed by atoms with Crippen LogP contribution in [0.3, 0.4) is 0 Å². The van der Waals surface area contributed by atoms with E-state index in [2.05, 4.69) is 4.52 Å². The Bertz CT molecular complexity index is 262. The molecule has 0 aliphatic rings. The first kappa shape index (κ1) is 14.6. The molecule has 0 aliphatic heterocycles. The van der Waals surface area contributed by atoms with Crippen LogP contribution in [-0.2, 0) is 13.9 Å². The second kappa shape index (κ2) is 5.61. The van der Waals surface area contributed by atoms with Crippen LogP contribution in [0.25, 0.3) is 0 Å². The molecule has 1 atom stereocenters. The average molecular weight is 239 g/mol. The van der Waals surface area contributed by atoms with E-state index in [1.165, 1.54) is 11.8 Å². The van der Waals surface area contributed by atoms with Crippen LogP contribution in [0.2, 0.25) is 0 Å². The first-order valence-corrected chi connectivity index (χ1v) is 6.15. The number of carbonyl (C=O) groups excluding carboxylic acids is 1. The van der Waals surface area contributed by atoms with Crippen molar-refractivity contribution in [2.75, 3.05) is 13.6 Å². The number of rotatable bonds is 5. The van der Waals surface area contributed by atoms with Crippen LogP contribution >= 0.6 is 7.82 Å². The third-order valence-electron chi connectivity index (χ3n) is 1.66. The number of likely N-dealkylation sites (N-methyl/N-ethyl adjacent to an activating group) is 1. The summed E-state index contributed by atoms with van der Waals surface area (Å²) in [6.07, 6.45) is -1.13. The maximum absolute atomic E-state index is 11.5. The van der Waals surface area contributed by atoms with Crippen molar-refractivity contribution in [1.29, 1.82) is 0 Å². The van der Waals surface area contributed by atoms with Crippen molar-refractivity contribution in [2.45, 2.75) is 26.9 Å². The van der Waals surface area contributed by atoms with Gasteiger partial charge in [-0.2, -0.15) is 0 Å². The first-order chi connectivity index (χ1) is 6.63. The van der Waals surface area contributed by atoms with Gasteiger partial charge in [-0.1, -0.05) is 13.8 Å². The Morgan fingerprint density at radius 1 is 1.40 bits per heavy atom. The third-order valence-corrected chi connectivity index (χ3v) is 2.25. The van der Waals surface area contributed by atoms with Gasteiger partial charge in [0.15, 0.2) is 0 Å². The summed E-state index contributed by atoms with van der Waals surface area (Å²) in [7, 11) is -3.03. The Morgan fingerprint density at radius 2 is 1.87 bits per heavy atom. The molecule has 0 saturated carbocycles. The normalized spacial score (nSPS) is 14.1. The van der Waals surface area contributed by atoms with E-state index in [9.17, 15) is 9.36 Å². The second-order valence-corrected chi connectivity index (χ2v) is 5.04. The molecule has 15 heavy (non-hydrogen) atoms. The fraction of sp³-hybridized carbons (Fsp3) is 0.875. The minimum atomic E-state index is -4.60. The predicted octanol–water partition coefficient (Wildman–Crippen LogP) is 0.599. The summed E-state index contributed by atoms with van der Waals surface area (Å²) >= 11 is 0. The minimum Gasteiger partial charge on any atom is -0.343 e. The highest BCUT2D eigenvalue weighted by molar-refractivity contribution is 7.46. The summed E-state index contributed by atoms with van der Waals surface area (Å²) in [5.74, 6) is -0.145. The van der Waals surface area contributed by atoms with Crippen molar-refractivity contribution in [3.63, 3.8) is 0 Å². The Kier molecular flexibility index (Phi) is 5.45. The summed E-state index contributed by atoms with van der Waals surface area (Å²) in [5, 5.41) is 0. The molecule has 1 unspecified atom stereocenters. The molecule has 1 amide bonds. The number of amides is 1. The zero-order chi connectivity index (χ0) is 12.2. The molecule has 7 heteroatoms. The molecule has 0 bridgehead atoms. The molecule has 2 N–H and O–H groups in total. The number of carbonyl (C=O) groups is 1. The number of nitrogens with zero attached hydrogens (tertiary/aromatic N) is 1. The maximum atomic E-state index is 11.5. The third kappa shape index (κ3) is 6.62. The Morgan fingerprint density at radius 3 is 2.20 bits per heavy atom. The van der Waals surface area contributed by atoms with Crippen molar-refractivity contribution in [3.8, 4) is 0 Å². The first-order valence-electron chi connectivity index (χ1n) is 4.62. The van der Waals surface area contributed by atoms with Gasteiger partial charge in [0, 0.05) is 13.6 Å². The lowest BCUT2D eigenvalue weighted by molar-refractivity contribution is -0.137. The lowest BCUT2D eigenvalue weighted by atomic mass is 10.2. The van der Waals surface area contributed by atoms with E-state index in [0.717, 1.165) is 0 Å². The van der Waals surface area contributed by atoms with Gasteiger partial charge < -0.3 is 14.7 Å². The van der Waals surface area contributed by atoms with Crippen LogP contribution in [0.1, 0.15) is 20.8 Å². The fourth-order valence-electron chi connectivity index (χ4n) is 1.20. The van der Waals surface area contributed by atoms with E-state index in [-0.39, 0.29) is 0 Å². The van der Waals surface area contributed by atoms with Crippen molar-refractivity contribution >= 4 is 13.7 Å². The van der Waals surface area contributed by atoms with Gasteiger partial charge in [-0.15, -0.1) is 0 Å². The summed E-state index contributed by atoms with van der Waals surface area (Å²) in [4.78, 5) is 29.9. The Hall–Kier alpha value is -0.420. The van der Waals surface area contributed by atoms with Gasteiger partial charge in [0.25, 0.3) is 5.91 Å². The highest BCUT2D eigenvalue weighted by Gasteiger charge is 2.26. The monoisotopic (exact) mass is 239 g/mol. The summed E-state index contributed by atoms with van der Waals surface area (Å²) < 4.78 is 14.8. The minimum absolute atomic E-state index is 0.293. The number of phosphoric ester groups is 1. The lowest BCUT2D eigenvalue weighted by Crippen LogP contribution is -2.37. The second-order valence-electron chi connectivity index (χ2n) is 3.85. The van der Waals surface area contributed by atoms with E-state index in [1.54, 1.807) is 7.05 Å². The van der Waals surface area contributed by atoms with Gasteiger partial charge in [-0.05, 0) is 12.8 Å². The largest absolute Gasteiger partial charge is 0.470 e. The molecule has 0 aliphatic carbocycles. The number of hydrogen-bond acceptors (Lipinski definition) is 3. The molecule has 0 aromatic rings. The summed E-state index contributed by atoms with van der Waals surface area (Å²) in [6.45, 7) is 5.72. The summed E-state index contributed by atoms with van der Waals surface area (Å²) in [6, 6.07) is 0. The van der Waals surface area contributed by atoms with Crippen molar-refractivity contribution in [1.82, 2.24) is 4.90 Å². The lowest BCUT2D eigenvalue weighted by Gasteiger charge is -2.23. The van der Waals surface area contributed by atoms with Gasteiger partial charge >= 0.3 is 7.82 Å². The zero-order valence-corrected chi connectivity index (χ0v) is 10.3. The molecule has 0 heterocycles. The highest BCUT2D eigenvalue weighted by atomic mass is 31.2. The topological polar surface area (TPSA) is 87.1 Å². The van der Waals surface area contributed by atoms with E-state index < -0.39 is 19.8 Å². The number of hydrogen-bond donors (Lipinski definition) is 2. The molecule has 0 rings (SSSR count). The number of phosphoric acid groups is 1. The molecule has 0 aromatic heterocycles. The van der Waals surface area contributed by atoms with Gasteiger partial charge in [-0.3, -0.25) is 9.32 Å². The molecule has 0 aromatic carbocycles. The molecule has 0 radical (unpaired) electrons. The van der Waals surface area contributed by atoms with Gasteiger partial charge in [-0.25, -0.2) is 4.57 Å². The van der Waals surface area contributed by atoms with E-state index in [0.29, 0.717) is 12.5 Å². The standard InChI is InChI=1S/C8H18NO5P/c1-6(2)5-9(4)8(10)7(3)14-15(11,12)13/h6-7H,5H2,1-4H3,(H2,11,12,13). The fourth-order valence-corrected chi connectivity index (χ4v) is 1.70. The van der Waals surface area contributed by atoms with Crippen LogP contribution < -0.4 is 0 Å². The van der Waals surface area contributed by atoms with Crippen LogP contribution in [-0.4, -0.2) is 40.3 Å². The van der Waals surface area contributed by atoms with E-state index >= 15 is 0 Å². The van der Waals surface area contributed by atoms with Crippen LogP contribution in [0.5, 0.6) is 0 Å². The average Bonchev–Trinajstić information content (AvgIpc) is 1.98. The molecular weight excluding hydrogens is 221 g/mol. The van der Waals surface area contributed by atoms with Crippen molar-refractivity contribution < 1.29 is 23.7 Å². The molecule has 90 valence electrons. The van der Waals surface area contributed by atoms with Crippen LogP contribution in [0.15, 0.2) is 0 Å². The molecule has 0 fully saturated rings. The van der Waals surface area contributed by atoms with Crippen molar-refractivity contribution in [3.05, 3.63) is 0 Å². The quantitative estimate of drug-likeness (QED) is 0.686. The predicted molar refractivity (Wildman–Crippen MR) is 55.1 cm³/mol. The summed E-state index contributed by atoms with van der Waals surface area (Å²) in [5.41, 5.74) is 0. The van der Waals surface area contributed by atoms with Gasteiger partial charge in [0.05, 0.1) is 0 Å². The SMILES string of the molecule is CC(C)CN(C)C(=O)C(C)OP(=O)(O)O. The van der Waals surface area contributed by atoms with E-state index in [1.807, 2.05) is 13.8 Å². The van der Waals surface area contributed by atoms with Crippen molar-refractivity contribution in [2.24, 2.45) is 5.92 Å². The van der Waals surface area contributed by atoms with Crippen LogP contribution in [0.4, 0.5) is 0 Å². The van der Waals surface area contributed by atoms with E-state index in [4.69, 9.17) is 9.79 Å². The van der Waals surface area contributed by atoms with Gasteiger partial charge in [0.1, 0.15) is 6.10 Å². The molecular formula is C8H18NO5P. The smallest absolute Gasteiger partial charge is 0.343 e. The molecule has 0 saturated heterocycles.